The highest BCUT2D eigenvalue weighted by atomic mass is 35.5. The molecule has 16 heavy (non-hydrogen) atoms. The van der Waals surface area contributed by atoms with Crippen molar-refractivity contribution in [2.75, 3.05) is 0 Å². The average molecular weight is 238 g/mol. The number of hydrogen-bond donors (Lipinski definition) is 3. The number of benzene rings is 1. The number of amides is 1. The molecule has 0 aliphatic rings. The Morgan fingerprint density at radius 1 is 1.31 bits per heavy atom. The molecule has 2 aromatic rings. The van der Waals surface area contributed by atoms with Crippen molar-refractivity contribution < 1.29 is 4.79 Å². The SMILES string of the molecule is NNC(=O)c1[nH]c(=O)c2ccccc2c1Cl. The maximum atomic E-state index is 11.6. The quantitative estimate of drug-likeness (QED) is 0.389. The number of carbonyl (C=O) groups is 1. The van der Waals surface area contributed by atoms with Gasteiger partial charge in [0.1, 0.15) is 5.69 Å². The zero-order valence-electron chi connectivity index (χ0n) is 8.08. The molecule has 0 aliphatic heterocycles. The highest BCUT2D eigenvalue weighted by Crippen LogP contribution is 2.22. The summed E-state index contributed by atoms with van der Waals surface area (Å²) in [5.41, 5.74) is 1.51. The van der Waals surface area contributed by atoms with Gasteiger partial charge in [-0.15, -0.1) is 0 Å². The number of nitrogens with two attached hydrogens (primary N) is 1. The summed E-state index contributed by atoms with van der Waals surface area (Å²) in [5, 5.41) is 1.13. The first-order valence-electron chi connectivity index (χ1n) is 4.46. The van der Waals surface area contributed by atoms with Crippen LogP contribution in [0, 0.1) is 0 Å². The molecule has 0 fully saturated rings. The zero-order valence-corrected chi connectivity index (χ0v) is 8.84. The van der Waals surface area contributed by atoms with Gasteiger partial charge in [0.25, 0.3) is 11.5 Å². The van der Waals surface area contributed by atoms with Gasteiger partial charge in [-0.05, 0) is 6.07 Å². The Kier molecular flexibility index (Phi) is 2.64. The van der Waals surface area contributed by atoms with Crippen molar-refractivity contribution in [3.05, 3.63) is 45.3 Å². The number of nitrogens with one attached hydrogen (secondary N) is 2. The molecule has 5 nitrogen and oxygen atoms in total. The van der Waals surface area contributed by atoms with E-state index >= 15 is 0 Å². The molecular weight excluding hydrogens is 230 g/mol. The molecule has 6 heteroatoms. The van der Waals surface area contributed by atoms with E-state index in [0.29, 0.717) is 10.8 Å². The molecule has 1 aromatic heterocycles. The number of H-pyrrole nitrogens is 1. The first kappa shape index (κ1) is 10.7. The van der Waals surface area contributed by atoms with Crippen molar-refractivity contribution in [2.24, 2.45) is 5.84 Å². The second-order valence-electron chi connectivity index (χ2n) is 3.16. The lowest BCUT2D eigenvalue weighted by Crippen LogP contribution is -2.32. The lowest BCUT2D eigenvalue weighted by molar-refractivity contribution is 0.0949. The van der Waals surface area contributed by atoms with Gasteiger partial charge >= 0.3 is 0 Å². The molecule has 1 amide bonds. The van der Waals surface area contributed by atoms with Crippen LogP contribution in [0.3, 0.4) is 0 Å². The fourth-order valence-corrected chi connectivity index (χ4v) is 1.77. The van der Waals surface area contributed by atoms with E-state index in [4.69, 9.17) is 17.4 Å². The highest BCUT2D eigenvalue weighted by Gasteiger charge is 2.14. The second kappa shape index (κ2) is 3.96. The van der Waals surface area contributed by atoms with E-state index in [2.05, 4.69) is 4.98 Å². The number of hydrazine groups is 1. The van der Waals surface area contributed by atoms with Crippen LogP contribution in [0.4, 0.5) is 0 Å². The minimum absolute atomic E-state index is 0.0344. The fraction of sp³-hybridized carbons (Fsp3) is 0. The molecule has 0 bridgehead atoms. The van der Waals surface area contributed by atoms with Crippen LogP contribution < -0.4 is 16.8 Å². The summed E-state index contributed by atoms with van der Waals surface area (Å²) in [6.45, 7) is 0. The summed E-state index contributed by atoms with van der Waals surface area (Å²) in [7, 11) is 0. The summed E-state index contributed by atoms with van der Waals surface area (Å²) in [6.07, 6.45) is 0. The lowest BCUT2D eigenvalue weighted by atomic mass is 10.1. The van der Waals surface area contributed by atoms with Crippen LogP contribution in [0.1, 0.15) is 10.5 Å². The van der Waals surface area contributed by atoms with Gasteiger partial charge < -0.3 is 4.98 Å². The Bertz CT molecular complexity index is 621. The van der Waals surface area contributed by atoms with Gasteiger partial charge in [-0.3, -0.25) is 15.0 Å². The molecule has 0 saturated heterocycles. The monoisotopic (exact) mass is 237 g/mol. The fourth-order valence-electron chi connectivity index (χ4n) is 1.47. The summed E-state index contributed by atoms with van der Waals surface area (Å²) >= 11 is 6.00. The van der Waals surface area contributed by atoms with Crippen molar-refractivity contribution in [3.8, 4) is 0 Å². The maximum Gasteiger partial charge on any atom is 0.283 e. The molecule has 0 aliphatic carbocycles. The summed E-state index contributed by atoms with van der Waals surface area (Å²) in [4.78, 5) is 25.4. The van der Waals surface area contributed by atoms with Gasteiger partial charge in [-0.25, -0.2) is 5.84 Å². The van der Waals surface area contributed by atoms with Crippen LogP contribution in [-0.4, -0.2) is 10.9 Å². The number of carbonyl (C=O) groups excluding carboxylic acids is 1. The summed E-state index contributed by atoms with van der Waals surface area (Å²) in [6, 6.07) is 6.75. The largest absolute Gasteiger partial charge is 0.316 e. The van der Waals surface area contributed by atoms with Gasteiger partial charge in [-0.1, -0.05) is 29.8 Å². The van der Waals surface area contributed by atoms with Crippen molar-refractivity contribution in [1.82, 2.24) is 10.4 Å². The van der Waals surface area contributed by atoms with Crippen LogP contribution >= 0.6 is 11.6 Å². The predicted octanol–water partition coefficient (Wildman–Crippen LogP) is 0.785. The van der Waals surface area contributed by atoms with E-state index in [9.17, 15) is 9.59 Å². The van der Waals surface area contributed by atoms with Crippen molar-refractivity contribution >= 4 is 28.3 Å². The Hall–Kier alpha value is -1.85. The van der Waals surface area contributed by atoms with E-state index in [1.165, 1.54) is 0 Å². The van der Waals surface area contributed by atoms with Gasteiger partial charge in [-0.2, -0.15) is 0 Å². The van der Waals surface area contributed by atoms with Crippen LogP contribution in [-0.2, 0) is 0 Å². The van der Waals surface area contributed by atoms with Gasteiger partial charge in [0.2, 0.25) is 0 Å². The van der Waals surface area contributed by atoms with Gasteiger partial charge in [0.15, 0.2) is 0 Å². The number of rotatable bonds is 1. The number of nitrogen functional groups attached to an aromatic ring is 1. The Balaban J connectivity index is 2.86. The number of aromatic nitrogens is 1. The third kappa shape index (κ3) is 1.56. The normalized spacial score (nSPS) is 10.4. The first-order valence-corrected chi connectivity index (χ1v) is 4.84. The minimum Gasteiger partial charge on any atom is -0.316 e. The van der Waals surface area contributed by atoms with E-state index < -0.39 is 5.91 Å². The standard InChI is InChI=1S/C10H8ClN3O2/c11-7-5-3-1-2-4-6(5)9(15)13-8(7)10(16)14-12/h1-4H,12H2,(H,13,15)(H,14,16). The number of aromatic amines is 1. The predicted molar refractivity (Wildman–Crippen MR) is 61.2 cm³/mol. The Morgan fingerprint density at radius 3 is 2.56 bits per heavy atom. The van der Waals surface area contributed by atoms with E-state index in [-0.39, 0.29) is 16.3 Å². The molecule has 1 heterocycles. The van der Waals surface area contributed by atoms with E-state index in [1.807, 2.05) is 5.43 Å². The second-order valence-corrected chi connectivity index (χ2v) is 3.54. The van der Waals surface area contributed by atoms with Crippen LogP contribution in [0.5, 0.6) is 0 Å². The average Bonchev–Trinajstić information content (AvgIpc) is 2.33. The van der Waals surface area contributed by atoms with Crippen LogP contribution in [0.15, 0.2) is 29.1 Å². The third-order valence-corrected chi connectivity index (χ3v) is 2.62. The molecule has 1 aromatic carbocycles. The van der Waals surface area contributed by atoms with E-state index in [1.54, 1.807) is 24.3 Å². The number of halogens is 1. The lowest BCUT2D eigenvalue weighted by Gasteiger charge is -2.05. The smallest absolute Gasteiger partial charge is 0.283 e. The van der Waals surface area contributed by atoms with E-state index in [0.717, 1.165) is 0 Å². The molecule has 2 rings (SSSR count). The third-order valence-electron chi connectivity index (χ3n) is 2.22. The molecule has 82 valence electrons. The minimum atomic E-state index is -0.632. The Morgan fingerprint density at radius 2 is 1.94 bits per heavy atom. The van der Waals surface area contributed by atoms with Gasteiger partial charge in [0, 0.05) is 10.8 Å². The number of hydrogen-bond acceptors (Lipinski definition) is 3. The van der Waals surface area contributed by atoms with Crippen molar-refractivity contribution in [3.63, 3.8) is 0 Å². The molecule has 0 saturated carbocycles. The topological polar surface area (TPSA) is 88.0 Å². The molecule has 4 N–H and O–H groups in total. The molecular formula is C10H8ClN3O2. The number of pyridine rings is 1. The summed E-state index contributed by atoms with van der Waals surface area (Å²) < 4.78 is 0. The van der Waals surface area contributed by atoms with Gasteiger partial charge in [0.05, 0.1) is 5.02 Å². The highest BCUT2D eigenvalue weighted by molar-refractivity contribution is 6.38. The van der Waals surface area contributed by atoms with Crippen LogP contribution in [0.2, 0.25) is 5.02 Å². The number of fused-ring (bicyclic) bond motifs is 1. The summed E-state index contributed by atoms with van der Waals surface area (Å²) in [5.74, 6) is 4.36. The van der Waals surface area contributed by atoms with Crippen molar-refractivity contribution in [1.29, 1.82) is 0 Å². The van der Waals surface area contributed by atoms with Crippen LogP contribution in [0.25, 0.3) is 10.8 Å². The van der Waals surface area contributed by atoms with Crippen molar-refractivity contribution in [2.45, 2.75) is 0 Å². The zero-order chi connectivity index (χ0) is 11.7. The molecule has 0 radical (unpaired) electrons. The molecule has 0 unspecified atom stereocenters. The maximum absolute atomic E-state index is 11.6. The molecule has 0 spiro atoms. The molecule has 0 atom stereocenters. The first-order chi connectivity index (χ1) is 7.65. The Labute approximate surface area is 95.2 Å².